The van der Waals surface area contributed by atoms with Crippen LogP contribution in [0.5, 0.6) is 0 Å². The molecule has 186 valence electrons. The summed E-state index contributed by atoms with van der Waals surface area (Å²) in [6, 6.07) is 0. The minimum atomic E-state index is -2.92. The minimum absolute atomic E-state index is 0.00741. The molecule has 4 fully saturated rings. The largest absolute Gasteiger partial charge is 0.695 e. The average molecular weight is 494 g/mol. The van der Waals surface area contributed by atoms with Gasteiger partial charge in [-0.25, -0.2) is 0 Å². The number of Topliss-reactive ketones (excluding diaryl/α,β-unsaturated/α-hetero) is 1. The lowest BCUT2D eigenvalue weighted by Gasteiger charge is -2.59. The molecule has 0 spiro atoms. The summed E-state index contributed by atoms with van der Waals surface area (Å²) in [5.41, 5.74) is -1.38. The van der Waals surface area contributed by atoms with Crippen LogP contribution >= 0.6 is 8.25 Å². The molecule has 10 atom stereocenters. The summed E-state index contributed by atoms with van der Waals surface area (Å²) in [5.74, 6) is -0.293. The van der Waals surface area contributed by atoms with Crippen molar-refractivity contribution in [2.45, 2.75) is 83.4 Å². The zero-order chi connectivity index (χ0) is 24.5. The molecule has 1 aliphatic heterocycles. The summed E-state index contributed by atoms with van der Waals surface area (Å²) in [7, 11) is -2.92. The second-order valence-electron chi connectivity index (χ2n) is 11.1. The molecule has 0 bridgehead atoms. The molecule has 34 heavy (non-hydrogen) atoms. The molecule has 2 unspecified atom stereocenters. The van der Waals surface area contributed by atoms with Gasteiger partial charge in [0.05, 0.1) is 12.2 Å². The highest BCUT2D eigenvalue weighted by Gasteiger charge is 2.75. The van der Waals surface area contributed by atoms with Crippen LogP contribution in [0.2, 0.25) is 0 Å². The third-order valence-electron chi connectivity index (χ3n) is 9.53. The topological polar surface area (TPSA) is 119 Å². The fourth-order valence-electron chi connectivity index (χ4n) is 8.23. The van der Waals surface area contributed by atoms with Gasteiger partial charge >= 0.3 is 8.25 Å². The first-order valence-electron chi connectivity index (χ1n) is 12.3. The third kappa shape index (κ3) is 3.30. The number of allylic oxidation sites excluding steroid dienone is 4. The molecule has 0 aromatic rings. The van der Waals surface area contributed by atoms with E-state index in [1.54, 1.807) is 12.2 Å². The van der Waals surface area contributed by atoms with Crippen molar-refractivity contribution in [3.8, 4) is 0 Å². The van der Waals surface area contributed by atoms with E-state index < -0.39 is 55.6 Å². The van der Waals surface area contributed by atoms with E-state index in [2.05, 4.69) is 6.92 Å². The van der Waals surface area contributed by atoms with Crippen LogP contribution in [0.15, 0.2) is 23.8 Å². The summed E-state index contributed by atoms with van der Waals surface area (Å²) in [5, 5.41) is 11.6. The van der Waals surface area contributed by atoms with Crippen LogP contribution in [0.4, 0.5) is 0 Å². The van der Waals surface area contributed by atoms with Gasteiger partial charge in [0.15, 0.2) is 30.1 Å². The Morgan fingerprint density at radius 2 is 2.12 bits per heavy atom. The lowest BCUT2D eigenvalue weighted by molar-refractivity contribution is -0.200. The highest BCUT2D eigenvalue weighted by molar-refractivity contribution is 7.32. The molecule has 0 aromatic heterocycles. The van der Waals surface area contributed by atoms with Crippen LogP contribution in [0.1, 0.15) is 59.3 Å². The zero-order valence-electron chi connectivity index (χ0n) is 19.9. The van der Waals surface area contributed by atoms with Crippen LogP contribution < -0.4 is 0 Å². The molecule has 4 aliphatic carbocycles. The smallest absolute Gasteiger partial charge is 0.393 e. The van der Waals surface area contributed by atoms with Crippen molar-refractivity contribution in [3.05, 3.63) is 23.8 Å². The van der Waals surface area contributed by atoms with Gasteiger partial charge in [-0.1, -0.05) is 38.8 Å². The van der Waals surface area contributed by atoms with E-state index in [1.807, 2.05) is 19.9 Å². The molecule has 0 amide bonds. The average Bonchev–Trinajstić information content (AvgIpc) is 3.25. The van der Waals surface area contributed by atoms with Crippen molar-refractivity contribution < 1.29 is 38.2 Å². The number of carbonyl (C=O) groups excluding carboxylic acids is 2. The van der Waals surface area contributed by atoms with E-state index >= 15 is 0 Å². The molecule has 3 saturated carbocycles. The maximum atomic E-state index is 13.6. The number of aliphatic hydroxyl groups is 1. The molecule has 0 aromatic carbocycles. The van der Waals surface area contributed by atoms with Crippen LogP contribution in [0.3, 0.4) is 0 Å². The van der Waals surface area contributed by atoms with E-state index in [0.717, 1.165) is 24.8 Å². The first-order valence-corrected chi connectivity index (χ1v) is 13.5. The van der Waals surface area contributed by atoms with Crippen LogP contribution in [0, 0.1) is 28.6 Å². The van der Waals surface area contributed by atoms with E-state index in [-0.39, 0.29) is 23.5 Å². The van der Waals surface area contributed by atoms with Gasteiger partial charge in [0.2, 0.25) is 0 Å². The highest BCUT2D eigenvalue weighted by atomic mass is 31.1. The number of hydrogen-bond donors (Lipinski definition) is 2. The Labute approximate surface area is 200 Å². The monoisotopic (exact) mass is 493 g/mol. The van der Waals surface area contributed by atoms with Crippen molar-refractivity contribution in [2.75, 3.05) is 6.61 Å². The fraction of sp³-hybridized carbons (Fsp3) is 0.760. The van der Waals surface area contributed by atoms with Gasteiger partial charge in [-0.15, -0.1) is 9.42 Å². The summed E-state index contributed by atoms with van der Waals surface area (Å²) >= 11 is 0. The first-order chi connectivity index (χ1) is 16.1. The zero-order valence-corrected chi connectivity index (χ0v) is 20.8. The van der Waals surface area contributed by atoms with Gasteiger partial charge in [-0.2, -0.15) is 0 Å². The molecule has 1 saturated heterocycles. The van der Waals surface area contributed by atoms with Crippen LogP contribution in [-0.4, -0.2) is 52.3 Å². The predicted molar refractivity (Wildman–Crippen MR) is 122 cm³/mol. The van der Waals surface area contributed by atoms with Gasteiger partial charge in [-0.05, 0) is 56.1 Å². The number of fused-ring (bicyclic) bond motifs is 7. The highest BCUT2D eigenvalue weighted by Crippen LogP contribution is 2.69. The summed E-state index contributed by atoms with van der Waals surface area (Å²) in [6.45, 7) is 5.60. The van der Waals surface area contributed by atoms with Gasteiger partial charge < -0.3 is 14.6 Å². The number of carbonyl (C=O) groups is 2. The van der Waals surface area contributed by atoms with Crippen molar-refractivity contribution in [2.24, 2.45) is 28.6 Å². The van der Waals surface area contributed by atoms with E-state index in [4.69, 9.17) is 18.9 Å². The minimum Gasteiger partial charge on any atom is -0.393 e. The Morgan fingerprint density at radius 3 is 2.82 bits per heavy atom. The molecular weight excluding hydrogens is 459 g/mol. The quantitative estimate of drug-likeness (QED) is 0.541. The Bertz CT molecular complexity index is 976. The molecule has 5 rings (SSSR count). The van der Waals surface area contributed by atoms with E-state index in [9.17, 15) is 19.3 Å². The second-order valence-corrected chi connectivity index (χ2v) is 11.8. The van der Waals surface area contributed by atoms with Crippen molar-refractivity contribution in [3.63, 3.8) is 0 Å². The maximum Gasteiger partial charge on any atom is 0.695 e. The van der Waals surface area contributed by atoms with Crippen molar-refractivity contribution in [1.29, 1.82) is 0 Å². The molecular formula is C25H34O8P+. The number of rotatable bonds is 6. The van der Waals surface area contributed by atoms with Gasteiger partial charge in [0.25, 0.3) is 0 Å². The maximum absolute atomic E-state index is 13.6. The Kier molecular flexibility index (Phi) is 6.03. The molecule has 1 heterocycles. The summed E-state index contributed by atoms with van der Waals surface area (Å²) in [6.07, 6.45) is 7.59. The lowest BCUT2D eigenvalue weighted by Crippen LogP contribution is -2.63. The number of hydrogen-bond acceptors (Lipinski definition) is 7. The SMILES string of the molecule is CCCC1O[C@@H]2C[C@H]3[C@@H]4CCC5=CC(=O)C=C[C@]5(C)[C@H]4[C@@H](O)C[C@]3(C)[C@]2(C(=O)CO[P+](=O)O)O1. The van der Waals surface area contributed by atoms with Crippen LogP contribution in [0.25, 0.3) is 0 Å². The molecule has 9 heteroatoms. The molecule has 2 N–H and O–H groups in total. The molecule has 5 aliphatic rings. The normalized spacial score (nSPS) is 47.4. The van der Waals surface area contributed by atoms with Crippen molar-refractivity contribution >= 4 is 19.8 Å². The molecule has 8 nitrogen and oxygen atoms in total. The van der Waals surface area contributed by atoms with Crippen LogP contribution in [-0.2, 0) is 28.2 Å². The number of aliphatic hydroxyl groups excluding tert-OH is 1. The molecule has 0 radical (unpaired) electrons. The van der Waals surface area contributed by atoms with E-state index in [1.165, 1.54) is 0 Å². The fourth-order valence-corrected chi connectivity index (χ4v) is 8.45. The van der Waals surface area contributed by atoms with Crippen molar-refractivity contribution in [1.82, 2.24) is 0 Å². The second kappa shape index (κ2) is 8.39. The summed E-state index contributed by atoms with van der Waals surface area (Å²) < 4.78 is 28.8. The van der Waals surface area contributed by atoms with Gasteiger partial charge in [0.1, 0.15) is 0 Å². The van der Waals surface area contributed by atoms with Gasteiger partial charge in [0, 0.05) is 21.3 Å². The lowest BCUT2D eigenvalue weighted by atomic mass is 9.46. The standard InChI is InChI=1S/C25H33O8P/c1-4-5-21-32-20-11-17-16-7-6-14-10-15(26)8-9-23(14,2)22(16)18(27)12-24(17,3)25(20,33-21)19(28)13-31-34(29)30/h8-10,16-18,20-22,27H,4-7,11-13H2,1-3H3/p+1/t16-,17-,18-,20+,21?,22+,23-,24-,25+/m0/s1. The van der Waals surface area contributed by atoms with E-state index in [0.29, 0.717) is 19.3 Å². The summed E-state index contributed by atoms with van der Waals surface area (Å²) in [4.78, 5) is 34.8. The van der Waals surface area contributed by atoms with Gasteiger partial charge in [-0.3, -0.25) is 9.59 Å². The Morgan fingerprint density at radius 1 is 1.35 bits per heavy atom. The predicted octanol–water partition coefficient (Wildman–Crippen LogP) is 3.39. The number of ketones is 2. The Hall–Kier alpha value is -1.28. The number of ether oxygens (including phenoxy) is 2. The first kappa shape index (κ1) is 24.4. The Balaban J connectivity index is 1.53. The third-order valence-corrected chi connectivity index (χ3v) is 9.88.